The van der Waals surface area contributed by atoms with Gasteiger partial charge in [0.25, 0.3) is 0 Å². The Balaban J connectivity index is 1.44. The average molecular weight is 395 g/mol. The highest BCUT2D eigenvalue weighted by atomic mass is 16.5. The fraction of sp³-hybridized carbons (Fsp3) is 0.480. The van der Waals surface area contributed by atoms with Crippen LogP contribution >= 0.6 is 0 Å². The SMILES string of the molecule is CCCCCCCOc1ccc(N2CCN(c3ccc(C(C)=O)cc3)CC2)cc1. The molecule has 2 aromatic rings. The third-order valence-electron chi connectivity index (χ3n) is 5.64. The molecule has 0 radical (unpaired) electrons. The number of anilines is 2. The van der Waals surface area contributed by atoms with Gasteiger partial charge in [-0.05, 0) is 61.9 Å². The summed E-state index contributed by atoms with van der Waals surface area (Å²) < 4.78 is 5.88. The molecule has 156 valence electrons. The van der Waals surface area contributed by atoms with E-state index in [1.165, 1.54) is 37.1 Å². The molecule has 0 aliphatic carbocycles. The van der Waals surface area contributed by atoms with Gasteiger partial charge in [-0.1, -0.05) is 32.6 Å². The van der Waals surface area contributed by atoms with Crippen LogP contribution in [-0.4, -0.2) is 38.6 Å². The minimum atomic E-state index is 0.116. The smallest absolute Gasteiger partial charge is 0.159 e. The highest BCUT2D eigenvalue weighted by Gasteiger charge is 2.17. The van der Waals surface area contributed by atoms with E-state index in [9.17, 15) is 4.79 Å². The Hall–Kier alpha value is -2.49. The molecule has 1 aliphatic heterocycles. The van der Waals surface area contributed by atoms with Gasteiger partial charge in [0, 0.05) is 43.1 Å². The van der Waals surface area contributed by atoms with Crippen molar-refractivity contribution in [3.8, 4) is 5.75 Å². The number of carbonyl (C=O) groups is 1. The molecule has 1 saturated heterocycles. The number of hydrogen-bond donors (Lipinski definition) is 0. The summed E-state index contributed by atoms with van der Waals surface area (Å²) in [4.78, 5) is 16.3. The second-order valence-corrected chi connectivity index (χ2v) is 7.83. The molecule has 2 aromatic carbocycles. The first-order valence-corrected chi connectivity index (χ1v) is 11.0. The number of nitrogens with zero attached hydrogens (tertiary/aromatic N) is 2. The summed E-state index contributed by atoms with van der Waals surface area (Å²) in [6.45, 7) is 8.61. The zero-order valence-corrected chi connectivity index (χ0v) is 17.9. The normalized spacial score (nSPS) is 14.1. The zero-order valence-electron chi connectivity index (χ0n) is 17.9. The van der Waals surface area contributed by atoms with Gasteiger partial charge in [-0.15, -0.1) is 0 Å². The summed E-state index contributed by atoms with van der Waals surface area (Å²) in [7, 11) is 0. The van der Waals surface area contributed by atoms with Gasteiger partial charge in [0.05, 0.1) is 6.61 Å². The van der Waals surface area contributed by atoms with Gasteiger partial charge in [0.1, 0.15) is 5.75 Å². The van der Waals surface area contributed by atoms with Gasteiger partial charge < -0.3 is 14.5 Å². The Morgan fingerprint density at radius 2 is 1.31 bits per heavy atom. The minimum Gasteiger partial charge on any atom is -0.494 e. The number of benzene rings is 2. The largest absolute Gasteiger partial charge is 0.494 e. The number of ketones is 1. The molecule has 29 heavy (non-hydrogen) atoms. The van der Waals surface area contributed by atoms with Crippen molar-refractivity contribution in [2.75, 3.05) is 42.6 Å². The minimum absolute atomic E-state index is 0.116. The molecule has 4 heteroatoms. The first-order chi connectivity index (χ1) is 14.2. The third kappa shape index (κ3) is 6.25. The summed E-state index contributed by atoms with van der Waals surface area (Å²) in [5, 5.41) is 0. The molecule has 0 unspecified atom stereocenters. The predicted molar refractivity (Wildman–Crippen MR) is 122 cm³/mol. The van der Waals surface area contributed by atoms with Gasteiger partial charge in [-0.3, -0.25) is 4.79 Å². The quantitative estimate of drug-likeness (QED) is 0.390. The lowest BCUT2D eigenvalue weighted by Crippen LogP contribution is -2.46. The maximum absolute atomic E-state index is 11.4. The average Bonchev–Trinajstić information content (AvgIpc) is 2.77. The lowest BCUT2D eigenvalue weighted by molar-refractivity contribution is 0.101. The number of Topliss-reactive ketones (excluding diaryl/α,β-unsaturated/α-hetero) is 1. The molecule has 0 atom stereocenters. The Labute approximate surface area is 175 Å². The van der Waals surface area contributed by atoms with Crippen LogP contribution in [0.25, 0.3) is 0 Å². The van der Waals surface area contributed by atoms with E-state index >= 15 is 0 Å². The molecule has 1 heterocycles. The van der Waals surface area contributed by atoms with Crippen molar-refractivity contribution >= 4 is 17.2 Å². The highest BCUT2D eigenvalue weighted by Crippen LogP contribution is 2.23. The van der Waals surface area contributed by atoms with Crippen molar-refractivity contribution < 1.29 is 9.53 Å². The van der Waals surface area contributed by atoms with E-state index in [0.29, 0.717) is 0 Å². The molecule has 4 nitrogen and oxygen atoms in total. The van der Waals surface area contributed by atoms with Crippen molar-refractivity contribution in [1.82, 2.24) is 0 Å². The summed E-state index contributed by atoms with van der Waals surface area (Å²) in [6.07, 6.45) is 6.31. The van der Waals surface area contributed by atoms with Crippen molar-refractivity contribution in [2.45, 2.75) is 46.0 Å². The topological polar surface area (TPSA) is 32.8 Å². The molecule has 3 rings (SSSR count). The van der Waals surface area contributed by atoms with E-state index in [4.69, 9.17) is 4.74 Å². The monoisotopic (exact) mass is 394 g/mol. The van der Waals surface area contributed by atoms with E-state index in [1.807, 2.05) is 12.1 Å². The summed E-state index contributed by atoms with van der Waals surface area (Å²) >= 11 is 0. The molecule has 0 amide bonds. The molecule has 0 N–H and O–H groups in total. The van der Waals surface area contributed by atoms with E-state index in [1.54, 1.807) is 6.92 Å². The Bertz CT molecular complexity index is 747. The van der Waals surface area contributed by atoms with Crippen molar-refractivity contribution in [2.24, 2.45) is 0 Å². The maximum Gasteiger partial charge on any atom is 0.159 e. The van der Waals surface area contributed by atoms with E-state index in [-0.39, 0.29) is 5.78 Å². The standard InChI is InChI=1S/C25H34N2O2/c1-3-4-5-6-7-20-29-25-14-12-24(13-15-25)27-18-16-26(17-19-27)23-10-8-22(9-11-23)21(2)28/h8-15H,3-7,16-20H2,1-2H3. The van der Waals surface area contributed by atoms with Gasteiger partial charge in [0.15, 0.2) is 5.78 Å². The molecule has 0 aromatic heterocycles. The first-order valence-electron chi connectivity index (χ1n) is 11.0. The van der Waals surface area contributed by atoms with Crippen LogP contribution in [-0.2, 0) is 0 Å². The van der Waals surface area contributed by atoms with Gasteiger partial charge in [0.2, 0.25) is 0 Å². The van der Waals surface area contributed by atoms with Crippen molar-refractivity contribution in [3.63, 3.8) is 0 Å². The van der Waals surface area contributed by atoms with Crippen molar-refractivity contribution in [3.05, 3.63) is 54.1 Å². The van der Waals surface area contributed by atoms with Crippen LogP contribution in [0, 0.1) is 0 Å². The van der Waals surface area contributed by atoms with E-state index in [2.05, 4.69) is 53.1 Å². The molecule has 0 spiro atoms. The lowest BCUT2D eigenvalue weighted by Gasteiger charge is -2.37. The van der Waals surface area contributed by atoms with Crippen LogP contribution in [0.15, 0.2) is 48.5 Å². The fourth-order valence-corrected chi connectivity index (χ4v) is 3.78. The molecule has 1 fully saturated rings. The highest BCUT2D eigenvalue weighted by molar-refractivity contribution is 5.94. The van der Waals surface area contributed by atoms with Crippen LogP contribution < -0.4 is 14.5 Å². The number of carbonyl (C=O) groups excluding carboxylic acids is 1. The second kappa shape index (κ2) is 10.9. The van der Waals surface area contributed by atoms with Crippen molar-refractivity contribution in [1.29, 1.82) is 0 Å². The number of rotatable bonds is 10. The van der Waals surface area contributed by atoms with Crippen LogP contribution in [0.3, 0.4) is 0 Å². The molecule has 0 bridgehead atoms. The molecule has 1 aliphatic rings. The van der Waals surface area contributed by atoms with E-state index < -0.39 is 0 Å². The van der Waals surface area contributed by atoms with Gasteiger partial charge in [-0.2, -0.15) is 0 Å². The second-order valence-electron chi connectivity index (χ2n) is 7.83. The maximum atomic E-state index is 11.4. The number of ether oxygens (including phenoxy) is 1. The van der Waals surface area contributed by atoms with Crippen LogP contribution in [0.1, 0.15) is 56.3 Å². The van der Waals surface area contributed by atoms with Gasteiger partial charge >= 0.3 is 0 Å². The summed E-state index contributed by atoms with van der Waals surface area (Å²) in [6, 6.07) is 16.5. The molecular weight excluding hydrogens is 360 g/mol. The van der Waals surface area contributed by atoms with E-state index in [0.717, 1.165) is 50.5 Å². The number of hydrogen-bond acceptors (Lipinski definition) is 4. The number of unbranched alkanes of at least 4 members (excludes halogenated alkanes) is 4. The summed E-state index contributed by atoms with van der Waals surface area (Å²) in [5.74, 6) is 1.08. The summed E-state index contributed by atoms with van der Waals surface area (Å²) in [5.41, 5.74) is 3.22. The Morgan fingerprint density at radius 1 is 0.793 bits per heavy atom. The fourth-order valence-electron chi connectivity index (χ4n) is 3.78. The predicted octanol–water partition coefficient (Wildman–Crippen LogP) is 5.57. The Morgan fingerprint density at radius 3 is 1.83 bits per heavy atom. The van der Waals surface area contributed by atoms with Crippen LogP contribution in [0.5, 0.6) is 5.75 Å². The third-order valence-corrected chi connectivity index (χ3v) is 5.64. The number of piperazine rings is 1. The van der Waals surface area contributed by atoms with Gasteiger partial charge in [-0.25, -0.2) is 0 Å². The Kier molecular flexibility index (Phi) is 7.97. The van der Waals surface area contributed by atoms with Crippen LogP contribution in [0.2, 0.25) is 0 Å². The van der Waals surface area contributed by atoms with Crippen LogP contribution in [0.4, 0.5) is 11.4 Å². The lowest BCUT2D eigenvalue weighted by atomic mass is 10.1. The molecule has 0 saturated carbocycles. The first kappa shape index (κ1) is 21.2. The zero-order chi connectivity index (χ0) is 20.5. The molecular formula is C25H34N2O2.